The van der Waals surface area contributed by atoms with E-state index in [1.165, 1.54) is 18.4 Å². The van der Waals surface area contributed by atoms with Crippen LogP contribution in [0.25, 0.3) is 0 Å². The standard InChI is InChI=1S/C14H22O/c1-10(2)13-7-6-11(3)14(13)8-4-5-12(15)9-14/h10,13H,3-9H2,1-2H3/t13-,14+/m1/s1. The van der Waals surface area contributed by atoms with Gasteiger partial charge >= 0.3 is 0 Å². The lowest BCUT2D eigenvalue weighted by Gasteiger charge is -2.41. The summed E-state index contributed by atoms with van der Waals surface area (Å²) in [6.07, 6.45) is 6.29. The van der Waals surface area contributed by atoms with Crippen molar-refractivity contribution in [2.45, 2.75) is 52.4 Å². The third kappa shape index (κ3) is 1.66. The second-order valence-corrected chi connectivity index (χ2v) is 5.72. The molecule has 0 aliphatic heterocycles. The van der Waals surface area contributed by atoms with Crippen molar-refractivity contribution in [3.8, 4) is 0 Å². The van der Waals surface area contributed by atoms with E-state index in [1.54, 1.807) is 0 Å². The van der Waals surface area contributed by atoms with Gasteiger partial charge in [0.05, 0.1) is 0 Å². The number of ketones is 1. The maximum absolute atomic E-state index is 11.7. The van der Waals surface area contributed by atoms with Crippen LogP contribution in [0.2, 0.25) is 0 Å². The van der Waals surface area contributed by atoms with Crippen LogP contribution >= 0.6 is 0 Å². The highest BCUT2D eigenvalue weighted by molar-refractivity contribution is 5.80. The van der Waals surface area contributed by atoms with E-state index in [0.717, 1.165) is 25.7 Å². The number of carbonyl (C=O) groups excluding carboxylic acids is 1. The maximum atomic E-state index is 11.7. The normalized spacial score (nSPS) is 36.9. The van der Waals surface area contributed by atoms with Gasteiger partial charge in [0.25, 0.3) is 0 Å². The Bertz CT molecular complexity index is 290. The summed E-state index contributed by atoms with van der Waals surface area (Å²) < 4.78 is 0. The van der Waals surface area contributed by atoms with Crippen molar-refractivity contribution in [3.63, 3.8) is 0 Å². The average Bonchev–Trinajstić information content (AvgIpc) is 2.44. The molecule has 0 heterocycles. The van der Waals surface area contributed by atoms with Gasteiger partial charge in [0.15, 0.2) is 0 Å². The molecular formula is C14H22O. The van der Waals surface area contributed by atoms with E-state index in [9.17, 15) is 4.79 Å². The third-order valence-corrected chi connectivity index (χ3v) is 4.57. The molecule has 0 N–H and O–H groups in total. The zero-order chi connectivity index (χ0) is 11.1. The molecule has 0 aromatic carbocycles. The van der Waals surface area contributed by atoms with E-state index in [4.69, 9.17) is 0 Å². The fourth-order valence-electron chi connectivity index (χ4n) is 3.84. The number of hydrogen-bond acceptors (Lipinski definition) is 1. The van der Waals surface area contributed by atoms with Crippen LogP contribution in [0, 0.1) is 17.3 Å². The molecule has 0 amide bonds. The Morgan fingerprint density at radius 3 is 2.73 bits per heavy atom. The van der Waals surface area contributed by atoms with Gasteiger partial charge in [-0.2, -0.15) is 0 Å². The minimum Gasteiger partial charge on any atom is -0.300 e. The predicted molar refractivity (Wildman–Crippen MR) is 62.6 cm³/mol. The molecule has 2 aliphatic carbocycles. The van der Waals surface area contributed by atoms with Crippen LogP contribution in [0.5, 0.6) is 0 Å². The molecule has 84 valence electrons. The molecule has 2 aliphatic rings. The first-order chi connectivity index (χ1) is 7.06. The monoisotopic (exact) mass is 206 g/mol. The lowest BCUT2D eigenvalue weighted by atomic mass is 9.62. The van der Waals surface area contributed by atoms with Gasteiger partial charge in [0.1, 0.15) is 5.78 Å². The summed E-state index contributed by atoms with van der Waals surface area (Å²) in [6, 6.07) is 0. The summed E-state index contributed by atoms with van der Waals surface area (Å²) in [6.45, 7) is 8.84. The van der Waals surface area contributed by atoms with Gasteiger partial charge in [-0.3, -0.25) is 4.79 Å². The quantitative estimate of drug-likeness (QED) is 0.597. The smallest absolute Gasteiger partial charge is 0.133 e. The van der Waals surface area contributed by atoms with Crippen LogP contribution in [0.4, 0.5) is 0 Å². The number of carbonyl (C=O) groups is 1. The van der Waals surface area contributed by atoms with Crippen molar-refractivity contribution >= 4 is 5.78 Å². The lowest BCUT2D eigenvalue weighted by molar-refractivity contribution is -0.124. The summed E-state index contributed by atoms with van der Waals surface area (Å²) in [5, 5.41) is 0. The SMILES string of the molecule is C=C1CC[C@H](C(C)C)[C@]12CCCC(=O)C2. The number of hydrogen-bond donors (Lipinski definition) is 0. The highest BCUT2D eigenvalue weighted by Crippen LogP contribution is 2.56. The zero-order valence-corrected chi connectivity index (χ0v) is 10.0. The van der Waals surface area contributed by atoms with Crippen molar-refractivity contribution in [1.82, 2.24) is 0 Å². The van der Waals surface area contributed by atoms with E-state index in [1.807, 2.05) is 0 Å². The molecule has 0 saturated heterocycles. The maximum Gasteiger partial charge on any atom is 0.133 e. The van der Waals surface area contributed by atoms with E-state index in [-0.39, 0.29) is 5.41 Å². The molecule has 1 heteroatoms. The first-order valence-corrected chi connectivity index (χ1v) is 6.26. The van der Waals surface area contributed by atoms with Crippen LogP contribution in [0.3, 0.4) is 0 Å². The molecule has 1 spiro atoms. The number of rotatable bonds is 1. The van der Waals surface area contributed by atoms with Gasteiger partial charge in [-0.25, -0.2) is 0 Å². The summed E-state index contributed by atoms with van der Waals surface area (Å²) >= 11 is 0. The molecule has 0 unspecified atom stereocenters. The van der Waals surface area contributed by atoms with Gasteiger partial charge in [-0.05, 0) is 37.5 Å². The van der Waals surface area contributed by atoms with Crippen molar-refractivity contribution in [2.75, 3.05) is 0 Å². The lowest BCUT2D eigenvalue weighted by Crippen LogP contribution is -2.35. The topological polar surface area (TPSA) is 17.1 Å². The Balaban J connectivity index is 2.28. The second-order valence-electron chi connectivity index (χ2n) is 5.72. The van der Waals surface area contributed by atoms with Gasteiger partial charge in [-0.15, -0.1) is 0 Å². The van der Waals surface area contributed by atoms with Crippen molar-refractivity contribution < 1.29 is 4.79 Å². The highest BCUT2D eigenvalue weighted by atomic mass is 16.1. The van der Waals surface area contributed by atoms with E-state index in [0.29, 0.717) is 17.6 Å². The molecule has 0 aromatic rings. The molecule has 2 fully saturated rings. The first kappa shape index (κ1) is 10.9. The van der Waals surface area contributed by atoms with E-state index >= 15 is 0 Å². The van der Waals surface area contributed by atoms with Crippen molar-refractivity contribution in [1.29, 1.82) is 0 Å². The summed E-state index contributed by atoms with van der Waals surface area (Å²) in [5.41, 5.74) is 1.57. The van der Waals surface area contributed by atoms with Crippen LogP contribution in [-0.4, -0.2) is 5.78 Å². The Morgan fingerprint density at radius 2 is 2.13 bits per heavy atom. The summed E-state index contributed by atoms with van der Waals surface area (Å²) in [7, 11) is 0. The van der Waals surface area contributed by atoms with Crippen LogP contribution < -0.4 is 0 Å². The molecule has 2 saturated carbocycles. The fraction of sp³-hybridized carbons (Fsp3) is 0.786. The Labute approximate surface area is 92.9 Å². The molecule has 2 atom stereocenters. The fourth-order valence-corrected chi connectivity index (χ4v) is 3.84. The summed E-state index contributed by atoms with van der Waals surface area (Å²) in [4.78, 5) is 11.7. The molecule has 0 aromatic heterocycles. The summed E-state index contributed by atoms with van der Waals surface area (Å²) in [5.74, 6) is 1.86. The third-order valence-electron chi connectivity index (χ3n) is 4.57. The minimum absolute atomic E-state index is 0.198. The van der Waals surface area contributed by atoms with Crippen molar-refractivity contribution in [2.24, 2.45) is 17.3 Å². The van der Waals surface area contributed by atoms with E-state index < -0.39 is 0 Å². The van der Waals surface area contributed by atoms with Gasteiger partial charge in [0.2, 0.25) is 0 Å². The van der Waals surface area contributed by atoms with Crippen LogP contribution in [-0.2, 0) is 4.79 Å². The highest BCUT2D eigenvalue weighted by Gasteiger charge is 2.48. The van der Waals surface area contributed by atoms with Gasteiger partial charge in [-0.1, -0.05) is 26.0 Å². The van der Waals surface area contributed by atoms with Crippen molar-refractivity contribution in [3.05, 3.63) is 12.2 Å². The molecular weight excluding hydrogens is 184 g/mol. The molecule has 1 nitrogen and oxygen atoms in total. The number of allylic oxidation sites excluding steroid dienone is 1. The van der Waals surface area contributed by atoms with Gasteiger partial charge in [0, 0.05) is 18.3 Å². The predicted octanol–water partition coefficient (Wildman–Crippen LogP) is 3.74. The molecule has 2 rings (SSSR count). The average molecular weight is 206 g/mol. The molecule has 15 heavy (non-hydrogen) atoms. The first-order valence-electron chi connectivity index (χ1n) is 6.26. The zero-order valence-electron chi connectivity index (χ0n) is 10.0. The van der Waals surface area contributed by atoms with Gasteiger partial charge < -0.3 is 0 Å². The Hall–Kier alpha value is -0.590. The van der Waals surface area contributed by atoms with E-state index in [2.05, 4.69) is 20.4 Å². The van der Waals surface area contributed by atoms with Crippen LogP contribution in [0.15, 0.2) is 12.2 Å². The molecule has 0 bridgehead atoms. The Kier molecular flexibility index (Phi) is 2.74. The largest absolute Gasteiger partial charge is 0.300 e. The second kappa shape index (κ2) is 3.77. The minimum atomic E-state index is 0.198. The molecule has 0 radical (unpaired) electrons. The number of Topliss-reactive ketones (excluding diaryl/α,β-unsaturated/α-hetero) is 1. The Morgan fingerprint density at radius 1 is 1.40 bits per heavy atom. The van der Waals surface area contributed by atoms with Crippen LogP contribution in [0.1, 0.15) is 52.4 Å².